The van der Waals surface area contributed by atoms with Crippen LogP contribution in [0.5, 0.6) is 11.5 Å². The number of ether oxygens (including phenoxy) is 2. The zero-order chi connectivity index (χ0) is 15.4. The minimum absolute atomic E-state index is 0.243. The first-order valence-electron chi connectivity index (χ1n) is 5.86. The van der Waals surface area contributed by atoms with Crippen molar-refractivity contribution < 1.29 is 19.1 Å². The summed E-state index contributed by atoms with van der Waals surface area (Å²) in [5, 5.41) is 0. The van der Waals surface area contributed by atoms with Gasteiger partial charge in [-0.3, -0.25) is 4.79 Å². The van der Waals surface area contributed by atoms with Crippen LogP contribution < -0.4 is 9.47 Å². The van der Waals surface area contributed by atoms with Crippen molar-refractivity contribution in [2.45, 2.75) is 0 Å². The van der Waals surface area contributed by atoms with Crippen LogP contribution >= 0.6 is 38.5 Å². The molecule has 0 aromatic heterocycles. The molecule has 0 spiro atoms. The van der Waals surface area contributed by atoms with Gasteiger partial charge in [0.1, 0.15) is 6.29 Å². The number of halogens is 2. The van der Waals surface area contributed by atoms with Crippen LogP contribution in [0.25, 0.3) is 0 Å². The van der Waals surface area contributed by atoms with E-state index in [0.717, 1.165) is 3.57 Å². The molecule has 0 radical (unpaired) electrons. The van der Waals surface area contributed by atoms with Gasteiger partial charge in [-0.2, -0.15) is 0 Å². The number of carbonyl (C=O) groups is 2. The molecule has 0 heterocycles. The second kappa shape index (κ2) is 7.04. The normalized spacial score (nSPS) is 10.0. The maximum atomic E-state index is 12.2. The van der Waals surface area contributed by atoms with Gasteiger partial charge < -0.3 is 9.47 Å². The van der Waals surface area contributed by atoms with E-state index < -0.39 is 5.97 Å². The lowest BCUT2D eigenvalue weighted by Gasteiger charge is -2.12. The Morgan fingerprint density at radius 2 is 2.00 bits per heavy atom. The minimum atomic E-state index is -0.488. The maximum Gasteiger partial charge on any atom is 0.344 e. The van der Waals surface area contributed by atoms with Gasteiger partial charge >= 0.3 is 5.97 Å². The largest absolute Gasteiger partial charge is 0.493 e. The quantitative estimate of drug-likeness (QED) is 0.298. The maximum absolute atomic E-state index is 12.2. The molecule has 0 amide bonds. The summed E-state index contributed by atoms with van der Waals surface area (Å²) in [7, 11) is 1.44. The summed E-state index contributed by atoms with van der Waals surface area (Å²) in [5.41, 5.74) is 0.888. The second-order valence-electron chi connectivity index (χ2n) is 4.02. The SMILES string of the molecule is COc1cc(C=O)cc(Br)c1OC(=O)c1ccccc1I. The summed E-state index contributed by atoms with van der Waals surface area (Å²) in [6.45, 7) is 0. The number of rotatable bonds is 4. The summed E-state index contributed by atoms with van der Waals surface area (Å²) >= 11 is 5.35. The Kier molecular flexibility index (Phi) is 5.35. The van der Waals surface area contributed by atoms with Crippen LogP contribution in [0.15, 0.2) is 40.9 Å². The smallest absolute Gasteiger partial charge is 0.344 e. The molecule has 0 atom stereocenters. The van der Waals surface area contributed by atoms with Gasteiger partial charge in [0.05, 0.1) is 17.1 Å². The van der Waals surface area contributed by atoms with Crippen LogP contribution in [0, 0.1) is 3.57 Å². The van der Waals surface area contributed by atoms with Crippen LogP contribution in [0.1, 0.15) is 20.7 Å². The molecular formula is C15H10BrIO4. The van der Waals surface area contributed by atoms with E-state index in [1.807, 2.05) is 12.1 Å². The number of hydrogen-bond donors (Lipinski definition) is 0. The van der Waals surface area contributed by atoms with Crippen molar-refractivity contribution in [2.75, 3.05) is 7.11 Å². The summed E-state index contributed by atoms with van der Waals surface area (Å²) < 4.78 is 11.8. The molecule has 0 bridgehead atoms. The average Bonchev–Trinajstić information content (AvgIpc) is 2.49. The van der Waals surface area contributed by atoms with Gasteiger partial charge in [-0.05, 0) is 62.8 Å². The molecular weight excluding hydrogens is 451 g/mol. The monoisotopic (exact) mass is 460 g/mol. The van der Waals surface area contributed by atoms with Crippen molar-refractivity contribution >= 4 is 50.8 Å². The fourth-order valence-electron chi connectivity index (χ4n) is 1.68. The van der Waals surface area contributed by atoms with E-state index in [4.69, 9.17) is 9.47 Å². The molecule has 0 aliphatic rings. The zero-order valence-electron chi connectivity index (χ0n) is 10.9. The summed E-state index contributed by atoms with van der Waals surface area (Å²) in [6, 6.07) is 10.2. The fraction of sp³-hybridized carbons (Fsp3) is 0.0667. The molecule has 0 saturated carbocycles. The Balaban J connectivity index is 2.38. The van der Waals surface area contributed by atoms with Crippen molar-refractivity contribution in [3.05, 3.63) is 55.6 Å². The molecule has 0 N–H and O–H groups in total. The fourth-order valence-corrected chi connectivity index (χ4v) is 2.83. The first-order chi connectivity index (χ1) is 10.1. The predicted molar refractivity (Wildman–Crippen MR) is 90.2 cm³/mol. The number of esters is 1. The van der Waals surface area contributed by atoms with Gasteiger partial charge in [-0.1, -0.05) is 12.1 Å². The first-order valence-corrected chi connectivity index (χ1v) is 7.73. The Hall–Kier alpha value is -1.41. The van der Waals surface area contributed by atoms with E-state index in [2.05, 4.69) is 38.5 Å². The molecule has 108 valence electrons. The molecule has 0 aliphatic carbocycles. The van der Waals surface area contributed by atoms with Crippen molar-refractivity contribution in [1.29, 1.82) is 0 Å². The lowest BCUT2D eigenvalue weighted by molar-refractivity contribution is 0.0727. The van der Waals surface area contributed by atoms with E-state index in [9.17, 15) is 9.59 Å². The molecule has 0 unspecified atom stereocenters. The van der Waals surface area contributed by atoms with Gasteiger partial charge in [0, 0.05) is 9.13 Å². The lowest BCUT2D eigenvalue weighted by Crippen LogP contribution is -2.11. The Labute approximate surface area is 143 Å². The molecule has 6 heteroatoms. The molecule has 0 aliphatic heterocycles. The minimum Gasteiger partial charge on any atom is -0.493 e. The lowest BCUT2D eigenvalue weighted by atomic mass is 10.2. The van der Waals surface area contributed by atoms with Crippen molar-refractivity contribution in [3.8, 4) is 11.5 Å². The van der Waals surface area contributed by atoms with Gasteiger partial charge in [0.25, 0.3) is 0 Å². The molecule has 21 heavy (non-hydrogen) atoms. The van der Waals surface area contributed by atoms with Crippen LogP contribution in [0.3, 0.4) is 0 Å². The Bertz CT molecular complexity index is 700. The van der Waals surface area contributed by atoms with Crippen molar-refractivity contribution in [2.24, 2.45) is 0 Å². The second-order valence-corrected chi connectivity index (χ2v) is 6.04. The van der Waals surface area contributed by atoms with Crippen LogP contribution in [0.4, 0.5) is 0 Å². The van der Waals surface area contributed by atoms with Crippen LogP contribution in [-0.4, -0.2) is 19.4 Å². The number of aldehydes is 1. The molecule has 0 saturated heterocycles. The highest BCUT2D eigenvalue weighted by Gasteiger charge is 2.18. The molecule has 2 rings (SSSR count). The Morgan fingerprint density at radius 3 is 2.62 bits per heavy atom. The molecule has 0 fully saturated rings. The van der Waals surface area contributed by atoms with E-state index in [1.54, 1.807) is 18.2 Å². The van der Waals surface area contributed by atoms with E-state index >= 15 is 0 Å². The average molecular weight is 461 g/mol. The number of hydrogen-bond acceptors (Lipinski definition) is 4. The number of methoxy groups -OCH3 is 1. The number of carbonyl (C=O) groups excluding carboxylic acids is 2. The summed E-state index contributed by atoms with van der Waals surface area (Å²) in [5.74, 6) is 0.0661. The number of benzene rings is 2. The molecule has 2 aromatic rings. The molecule has 2 aromatic carbocycles. The Morgan fingerprint density at radius 1 is 1.29 bits per heavy atom. The summed E-state index contributed by atoms with van der Waals surface area (Å²) in [4.78, 5) is 23.1. The molecule has 4 nitrogen and oxygen atoms in total. The highest BCUT2D eigenvalue weighted by atomic mass is 127. The van der Waals surface area contributed by atoms with Gasteiger partial charge in [-0.15, -0.1) is 0 Å². The van der Waals surface area contributed by atoms with Gasteiger partial charge in [0.2, 0.25) is 0 Å². The van der Waals surface area contributed by atoms with Crippen LogP contribution in [-0.2, 0) is 0 Å². The predicted octanol–water partition coefficient (Wildman–Crippen LogP) is 4.09. The van der Waals surface area contributed by atoms with E-state index in [0.29, 0.717) is 27.6 Å². The van der Waals surface area contributed by atoms with Crippen molar-refractivity contribution in [1.82, 2.24) is 0 Å². The third kappa shape index (κ3) is 3.62. The topological polar surface area (TPSA) is 52.6 Å². The summed E-state index contributed by atoms with van der Waals surface area (Å²) in [6.07, 6.45) is 0.693. The zero-order valence-corrected chi connectivity index (χ0v) is 14.7. The highest BCUT2D eigenvalue weighted by molar-refractivity contribution is 14.1. The van der Waals surface area contributed by atoms with Crippen molar-refractivity contribution in [3.63, 3.8) is 0 Å². The van der Waals surface area contributed by atoms with Gasteiger partial charge in [-0.25, -0.2) is 4.79 Å². The standard InChI is InChI=1S/C15H10BrIO4/c1-20-13-7-9(8-18)6-11(16)14(13)21-15(19)10-4-2-3-5-12(10)17/h2-8H,1H3. The van der Waals surface area contributed by atoms with Gasteiger partial charge in [0.15, 0.2) is 11.5 Å². The highest BCUT2D eigenvalue weighted by Crippen LogP contribution is 2.37. The third-order valence-corrected chi connectivity index (χ3v) is 4.21. The first kappa shape index (κ1) is 16.0. The van der Waals surface area contributed by atoms with E-state index in [-0.39, 0.29) is 5.75 Å². The third-order valence-electron chi connectivity index (χ3n) is 2.68. The van der Waals surface area contributed by atoms with Crippen LogP contribution in [0.2, 0.25) is 0 Å². The van der Waals surface area contributed by atoms with E-state index in [1.165, 1.54) is 13.2 Å².